The molecule has 0 unspecified atom stereocenters. The Labute approximate surface area is 123 Å². The number of rotatable bonds is 6. The monoisotopic (exact) mass is 311 g/mol. The third kappa shape index (κ3) is 3.61. The van der Waals surface area contributed by atoms with E-state index in [0.717, 1.165) is 17.8 Å². The fourth-order valence-corrected chi connectivity index (χ4v) is 3.12. The molecule has 0 fully saturated rings. The Hall–Kier alpha value is -1.80. The molecular formula is C12H13N3O3S2. The molecule has 2 aromatic heterocycles. The van der Waals surface area contributed by atoms with Gasteiger partial charge in [-0.05, 0) is 12.8 Å². The molecule has 20 heavy (non-hydrogen) atoms. The number of aryl methyl sites for hydroxylation is 1. The summed E-state index contributed by atoms with van der Waals surface area (Å²) in [6, 6.07) is 0. The number of carboxylic acids is 1. The molecule has 8 heteroatoms. The van der Waals surface area contributed by atoms with E-state index in [1.54, 1.807) is 6.20 Å². The first-order valence-corrected chi connectivity index (χ1v) is 7.70. The average molecular weight is 311 g/mol. The van der Waals surface area contributed by atoms with Gasteiger partial charge in [-0.2, -0.15) is 0 Å². The van der Waals surface area contributed by atoms with Crippen LogP contribution >= 0.6 is 22.7 Å². The van der Waals surface area contributed by atoms with Gasteiger partial charge in [0.2, 0.25) is 0 Å². The zero-order chi connectivity index (χ0) is 14.5. The number of carbonyl (C=O) groups excluding carboxylic acids is 1. The molecule has 0 bridgehead atoms. The molecule has 0 aliphatic carbocycles. The molecular weight excluding hydrogens is 298 g/mol. The van der Waals surface area contributed by atoms with Crippen molar-refractivity contribution in [2.24, 2.45) is 0 Å². The molecule has 6 nitrogen and oxygen atoms in total. The van der Waals surface area contributed by atoms with Crippen LogP contribution in [0.15, 0.2) is 11.6 Å². The molecule has 0 saturated heterocycles. The Morgan fingerprint density at radius 3 is 2.85 bits per heavy atom. The molecule has 0 atom stereocenters. The number of amides is 1. The van der Waals surface area contributed by atoms with Crippen molar-refractivity contribution < 1.29 is 14.7 Å². The molecule has 2 rings (SSSR count). The fourth-order valence-electron chi connectivity index (χ4n) is 1.48. The Balaban J connectivity index is 1.91. The van der Waals surface area contributed by atoms with E-state index in [0.29, 0.717) is 9.88 Å². The first kappa shape index (κ1) is 14.6. The number of carbonyl (C=O) groups is 2. The minimum atomic E-state index is -1.06. The molecule has 2 heterocycles. The predicted molar refractivity (Wildman–Crippen MR) is 76.4 cm³/mol. The third-order valence-corrected chi connectivity index (χ3v) is 4.32. The number of hydrogen-bond acceptors (Lipinski definition) is 6. The molecule has 0 saturated carbocycles. The second-order valence-corrected chi connectivity index (χ2v) is 6.04. The van der Waals surface area contributed by atoms with E-state index in [1.165, 1.54) is 28.1 Å². The summed E-state index contributed by atoms with van der Waals surface area (Å²) < 4.78 is 0. The van der Waals surface area contributed by atoms with Crippen molar-refractivity contribution in [1.29, 1.82) is 0 Å². The number of carboxylic acid groups (broad SMARTS) is 1. The molecule has 106 valence electrons. The van der Waals surface area contributed by atoms with E-state index >= 15 is 0 Å². The SMILES string of the molecule is CCCc1ncc(C(=O)NCc2nc(C(=O)O)cs2)s1. The summed E-state index contributed by atoms with van der Waals surface area (Å²) in [7, 11) is 0. The van der Waals surface area contributed by atoms with Crippen molar-refractivity contribution in [3.05, 3.63) is 32.2 Å². The quantitative estimate of drug-likeness (QED) is 0.853. The average Bonchev–Trinajstić information content (AvgIpc) is 3.05. The summed E-state index contributed by atoms with van der Waals surface area (Å²) in [5.74, 6) is -1.28. The minimum absolute atomic E-state index is 0.00210. The molecule has 2 aromatic rings. The highest BCUT2D eigenvalue weighted by molar-refractivity contribution is 7.13. The van der Waals surface area contributed by atoms with Crippen molar-refractivity contribution in [2.45, 2.75) is 26.3 Å². The number of nitrogens with zero attached hydrogens (tertiary/aromatic N) is 2. The highest BCUT2D eigenvalue weighted by Crippen LogP contribution is 2.15. The van der Waals surface area contributed by atoms with Gasteiger partial charge in [0, 0.05) is 5.38 Å². The van der Waals surface area contributed by atoms with Gasteiger partial charge in [-0.1, -0.05) is 6.92 Å². The summed E-state index contributed by atoms with van der Waals surface area (Å²) in [6.45, 7) is 2.28. The summed E-state index contributed by atoms with van der Waals surface area (Å²) in [4.78, 5) is 31.2. The largest absolute Gasteiger partial charge is 0.476 e. The van der Waals surface area contributed by atoms with Crippen molar-refractivity contribution in [3.63, 3.8) is 0 Å². The molecule has 0 aliphatic rings. The Kier molecular flexibility index (Phi) is 4.80. The van der Waals surface area contributed by atoms with Gasteiger partial charge in [0.15, 0.2) is 5.69 Å². The first-order valence-electron chi connectivity index (χ1n) is 6.00. The van der Waals surface area contributed by atoms with Crippen molar-refractivity contribution >= 4 is 34.6 Å². The zero-order valence-corrected chi connectivity index (χ0v) is 12.4. The third-order valence-electron chi connectivity index (χ3n) is 2.41. The summed E-state index contributed by atoms with van der Waals surface area (Å²) in [5, 5.41) is 14.4. The lowest BCUT2D eigenvalue weighted by atomic mass is 10.4. The van der Waals surface area contributed by atoms with Crippen LogP contribution < -0.4 is 5.32 Å². The van der Waals surface area contributed by atoms with Crippen LogP contribution in [0.2, 0.25) is 0 Å². The first-order chi connectivity index (χ1) is 9.60. The maximum absolute atomic E-state index is 11.9. The second kappa shape index (κ2) is 6.58. The molecule has 1 amide bonds. The Morgan fingerprint density at radius 2 is 2.20 bits per heavy atom. The second-order valence-electron chi connectivity index (χ2n) is 3.98. The van der Waals surface area contributed by atoms with Gasteiger partial charge < -0.3 is 10.4 Å². The van der Waals surface area contributed by atoms with Crippen LogP contribution in [0.5, 0.6) is 0 Å². The van der Waals surface area contributed by atoms with Crippen LogP contribution in [0.25, 0.3) is 0 Å². The lowest BCUT2D eigenvalue weighted by Gasteiger charge is -1.99. The standard InChI is InChI=1S/C12H13N3O3S2/c1-2-3-9-13-4-8(20-9)11(16)14-5-10-15-7(6-19-10)12(17)18/h4,6H,2-3,5H2,1H3,(H,14,16)(H,17,18). The maximum atomic E-state index is 11.9. The van der Waals surface area contributed by atoms with Gasteiger partial charge in [-0.3, -0.25) is 4.79 Å². The van der Waals surface area contributed by atoms with Crippen LogP contribution in [0, 0.1) is 0 Å². The van der Waals surface area contributed by atoms with E-state index in [1.807, 2.05) is 0 Å². The van der Waals surface area contributed by atoms with Crippen LogP contribution in [-0.2, 0) is 13.0 Å². The molecule has 0 spiro atoms. The molecule has 0 radical (unpaired) electrons. The van der Waals surface area contributed by atoms with Crippen molar-refractivity contribution in [3.8, 4) is 0 Å². The van der Waals surface area contributed by atoms with Crippen molar-refractivity contribution in [2.75, 3.05) is 0 Å². The number of aromatic carboxylic acids is 1. The lowest BCUT2D eigenvalue weighted by molar-refractivity contribution is 0.0691. The molecule has 0 aliphatic heterocycles. The van der Waals surface area contributed by atoms with Gasteiger partial charge in [-0.25, -0.2) is 14.8 Å². The number of aromatic nitrogens is 2. The highest BCUT2D eigenvalue weighted by Gasteiger charge is 2.12. The van der Waals surface area contributed by atoms with Gasteiger partial charge >= 0.3 is 5.97 Å². The summed E-state index contributed by atoms with van der Waals surface area (Å²) in [5.41, 5.74) is 0.00210. The van der Waals surface area contributed by atoms with E-state index in [-0.39, 0.29) is 18.1 Å². The van der Waals surface area contributed by atoms with Crippen LogP contribution in [-0.4, -0.2) is 27.0 Å². The summed E-state index contributed by atoms with van der Waals surface area (Å²) >= 11 is 2.59. The van der Waals surface area contributed by atoms with E-state index in [9.17, 15) is 9.59 Å². The van der Waals surface area contributed by atoms with Gasteiger partial charge in [0.05, 0.1) is 17.7 Å². The lowest BCUT2D eigenvalue weighted by Crippen LogP contribution is -2.21. The van der Waals surface area contributed by atoms with Crippen LogP contribution in [0.3, 0.4) is 0 Å². The van der Waals surface area contributed by atoms with Crippen LogP contribution in [0.4, 0.5) is 0 Å². The topological polar surface area (TPSA) is 92.2 Å². The Morgan fingerprint density at radius 1 is 1.40 bits per heavy atom. The number of thiazole rings is 2. The smallest absolute Gasteiger partial charge is 0.355 e. The maximum Gasteiger partial charge on any atom is 0.355 e. The number of hydrogen-bond donors (Lipinski definition) is 2. The molecule has 2 N–H and O–H groups in total. The minimum Gasteiger partial charge on any atom is -0.476 e. The Bertz CT molecular complexity index is 621. The van der Waals surface area contributed by atoms with E-state index < -0.39 is 5.97 Å². The van der Waals surface area contributed by atoms with Gasteiger partial charge in [-0.15, -0.1) is 22.7 Å². The summed E-state index contributed by atoms with van der Waals surface area (Å²) in [6.07, 6.45) is 3.42. The highest BCUT2D eigenvalue weighted by atomic mass is 32.1. The van der Waals surface area contributed by atoms with Crippen molar-refractivity contribution in [1.82, 2.24) is 15.3 Å². The fraction of sp³-hybridized carbons (Fsp3) is 0.333. The molecule has 0 aromatic carbocycles. The predicted octanol–water partition coefficient (Wildman–Crippen LogP) is 2.18. The van der Waals surface area contributed by atoms with E-state index in [4.69, 9.17) is 5.11 Å². The van der Waals surface area contributed by atoms with Gasteiger partial charge in [0.25, 0.3) is 5.91 Å². The van der Waals surface area contributed by atoms with E-state index in [2.05, 4.69) is 22.2 Å². The number of nitrogens with one attached hydrogen (secondary N) is 1. The van der Waals surface area contributed by atoms with Crippen LogP contribution in [0.1, 0.15) is 43.5 Å². The zero-order valence-electron chi connectivity index (χ0n) is 10.8. The van der Waals surface area contributed by atoms with Gasteiger partial charge in [0.1, 0.15) is 9.88 Å². The normalized spacial score (nSPS) is 10.4.